The van der Waals surface area contributed by atoms with Crippen LogP contribution in [0, 0.1) is 6.92 Å². The van der Waals surface area contributed by atoms with Crippen LogP contribution in [0.1, 0.15) is 35.8 Å². The van der Waals surface area contributed by atoms with Gasteiger partial charge in [0.25, 0.3) is 5.91 Å². The molecule has 1 heterocycles. The fourth-order valence-electron chi connectivity index (χ4n) is 2.27. The van der Waals surface area contributed by atoms with Gasteiger partial charge in [-0.25, -0.2) is 0 Å². The van der Waals surface area contributed by atoms with Gasteiger partial charge in [0.1, 0.15) is 0 Å². The van der Waals surface area contributed by atoms with Crippen LogP contribution in [0.5, 0.6) is 0 Å². The summed E-state index contributed by atoms with van der Waals surface area (Å²) in [6, 6.07) is 9.83. The monoisotopic (exact) mass is 334 g/mol. The van der Waals surface area contributed by atoms with Crippen LogP contribution >= 0.6 is 15.9 Å². The van der Waals surface area contributed by atoms with Gasteiger partial charge in [0, 0.05) is 22.5 Å². The number of hydrogen-bond acceptors (Lipinski definition) is 2. The fraction of sp³-hybridized carbons (Fsp3) is 0.375. The van der Waals surface area contributed by atoms with E-state index in [0.29, 0.717) is 5.56 Å². The van der Waals surface area contributed by atoms with Crippen molar-refractivity contribution in [3.8, 4) is 0 Å². The Morgan fingerprint density at radius 1 is 1.40 bits per heavy atom. The zero-order chi connectivity index (χ0) is 14.5. The number of rotatable bonds is 5. The van der Waals surface area contributed by atoms with Gasteiger partial charge in [0.05, 0.1) is 11.1 Å². The number of fused-ring (bicyclic) bond motifs is 1. The van der Waals surface area contributed by atoms with E-state index in [-0.39, 0.29) is 11.9 Å². The number of aryl methyl sites for hydroxylation is 1. The van der Waals surface area contributed by atoms with Crippen LogP contribution in [0.15, 0.2) is 30.3 Å². The highest BCUT2D eigenvalue weighted by Crippen LogP contribution is 2.18. The SMILES string of the molecule is CCC(CCBr)NC(=O)c1cc(C)nc2ccccc12. The van der Waals surface area contributed by atoms with E-state index in [2.05, 4.69) is 33.2 Å². The fourth-order valence-corrected chi connectivity index (χ4v) is 2.82. The largest absolute Gasteiger partial charge is 0.349 e. The zero-order valence-corrected chi connectivity index (χ0v) is 13.4. The Morgan fingerprint density at radius 3 is 2.85 bits per heavy atom. The number of pyridine rings is 1. The molecule has 1 aromatic carbocycles. The summed E-state index contributed by atoms with van der Waals surface area (Å²) in [5.74, 6) is -0.0144. The molecule has 106 valence electrons. The van der Waals surface area contributed by atoms with Crippen LogP contribution in [0.25, 0.3) is 10.9 Å². The molecule has 2 rings (SSSR count). The molecular formula is C16H19BrN2O. The highest BCUT2D eigenvalue weighted by Gasteiger charge is 2.15. The van der Waals surface area contributed by atoms with Gasteiger partial charge in [-0.1, -0.05) is 41.1 Å². The highest BCUT2D eigenvalue weighted by atomic mass is 79.9. The molecule has 0 fully saturated rings. The number of nitrogens with one attached hydrogen (secondary N) is 1. The molecule has 0 radical (unpaired) electrons. The molecule has 1 N–H and O–H groups in total. The van der Waals surface area contributed by atoms with E-state index < -0.39 is 0 Å². The van der Waals surface area contributed by atoms with E-state index in [1.807, 2.05) is 37.3 Å². The molecule has 20 heavy (non-hydrogen) atoms. The summed E-state index contributed by atoms with van der Waals surface area (Å²) in [5.41, 5.74) is 2.44. The minimum atomic E-state index is -0.0144. The minimum Gasteiger partial charge on any atom is -0.349 e. The predicted octanol–water partition coefficient (Wildman–Crippen LogP) is 3.84. The Hall–Kier alpha value is -1.42. The van der Waals surface area contributed by atoms with Crippen molar-refractivity contribution in [2.75, 3.05) is 5.33 Å². The topological polar surface area (TPSA) is 42.0 Å². The van der Waals surface area contributed by atoms with Gasteiger partial charge in [-0.05, 0) is 31.9 Å². The number of hydrogen-bond donors (Lipinski definition) is 1. The number of nitrogens with zero attached hydrogens (tertiary/aromatic N) is 1. The molecule has 1 atom stereocenters. The second-order valence-electron chi connectivity index (χ2n) is 4.88. The maximum atomic E-state index is 12.5. The molecular weight excluding hydrogens is 316 g/mol. The van der Waals surface area contributed by atoms with Gasteiger partial charge in [-0.15, -0.1) is 0 Å². The first-order valence-corrected chi connectivity index (χ1v) is 8.01. The molecule has 3 nitrogen and oxygen atoms in total. The second kappa shape index (κ2) is 6.84. The number of para-hydroxylation sites is 1. The van der Waals surface area contributed by atoms with E-state index in [4.69, 9.17) is 0 Å². The summed E-state index contributed by atoms with van der Waals surface area (Å²) in [5, 5.41) is 4.90. The lowest BCUT2D eigenvalue weighted by Gasteiger charge is -2.16. The van der Waals surface area contributed by atoms with Crippen molar-refractivity contribution in [2.45, 2.75) is 32.7 Å². The lowest BCUT2D eigenvalue weighted by Crippen LogP contribution is -2.34. The summed E-state index contributed by atoms with van der Waals surface area (Å²) >= 11 is 3.43. The van der Waals surface area contributed by atoms with Gasteiger partial charge in [-0.3, -0.25) is 9.78 Å². The first kappa shape index (κ1) is 15.0. The van der Waals surface area contributed by atoms with E-state index in [1.54, 1.807) is 0 Å². The Morgan fingerprint density at radius 2 is 2.15 bits per heavy atom. The Labute approximate surface area is 127 Å². The van der Waals surface area contributed by atoms with Crippen LogP contribution in [0.4, 0.5) is 0 Å². The van der Waals surface area contributed by atoms with Crippen molar-refractivity contribution < 1.29 is 4.79 Å². The normalized spacial score (nSPS) is 12.3. The Kier molecular flexibility index (Phi) is 5.12. The van der Waals surface area contributed by atoms with Crippen molar-refractivity contribution >= 4 is 32.7 Å². The third-order valence-corrected chi connectivity index (χ3v) is 3.83. The van der Waals surface area contributed by atoms with Crippen LogP contribution in [-0.2, 0) is 0 Å². The smallest absolute Gasteiger partial charge is 0.252 e. The van der Waals surface area contributed by atoms with Gasteiger partial charge >= 0.3 is 0 Å². The number of carbonyl (C=O) groups is 1. The standard InChI is InChI=1S/C16H19BrN2O/c1-3-12(8-9-17)19-16(20)14-10-11(2)18-15-7-5-4-6-13(14)15/h4-7,10,12H,3,8-9H2,1-2H3,(H,19,20). The first-order valence-electron chi connectivity index (χ1n) is 6.89. The summed E-state index contributed by atoms with van der Waals surface area (Å²) in [6.07, 6.45) is 1.86. The predicted molar refractivity (Wildman–Crippen MR) is 86.4 cm³/mol. The average molecular weight is 335 g/mol. The summed E-state index contributed by atoms with van der Waals surface area (Å²) in [7, 11) is 0. The van der Waals surface area contributed by atoms with Crippen molar-refractivity contribution in [1.82, 2.24) is 10.3 Å². The van der Waals surface area contributed by atoms with Crippen molar-refractivity contribution in [1.29, 1.82) is 0 Å². The van der Waals surface area contributed by atoms with Gasteiger partial charge in [0.2, 0.25) is 0 Å². The number of halogens is 1. The van der Waals surface area contributed by atoms with E-state index in [1.165, 1.54) is 0 Å². The molecule has 1 aromatic heterocycles. The van der Waals surface area contributed by atoms with Gasteiger partial charge < -0.3 is 5.32 Å². The van der Waals surface area contributed by atoms with Crippen LogP contribution < -0.4 is 5.32 Å². The van der Waals surface area contributed by atoms with Crippen LogP contribution in [0.3, 0.4) is 0 Å². The lowest BCUT2D eigenvalue weighted by molar-refractivity contribution is 0.0936. The summed E-state index contributed by atoms with van der Waals surface area (Å²) in [6.45, 7) is 4.00. The summed E-state index contributed by atoms with van der Waals surface area (Å²) in [4.78, 5) is 17.0. The number of benzene rings is 1. The second-order valence-corrected chi connectivity index (χ2v) is 5.68. The molecule has 0 spiro atoms. The number of amides is 1. The third-order valence-electron chi connectivity index (χ3n) is 3.37. The van der Waals surface area contributed by atoms with E-state index in [0.717, 1.165) is 34.8 Å². The molecule has 2 aromatic rings. The van der Waals surface area contributed by atoms with Crippen LogP contribution in [0.2, 0.25) is 0 Å². The minimum absolute atomic E-state index is 0.0144. The lowest BCUT2D eigenvalue weighted by atomic mass is 10.1. The van der Waals surface area contributed by atoms with E-state index in [9.17, 15) is 4.79 Å². The quantitative estimate of drug-likeness (QED) is 0.844. The molecule has 1 unspecified atom stereocenters. The number of alkyl halides is 1. The Balaban J connectivity index is 2.34. The highest BCUT2D eigenvalue weighted by molar-refractivity contribution is 9.09. The maximum Gasteiger partial charge on any atom is 0.252 e. The van der Waals surface area contributed by atoms with Crippen molar-refractivity contribution in [3.63, 3.8) is 0 Å². The van der Waals surface area contributed by atoms with Crippen molar-refractivity contribution in [2.24, 2.45) is 0 Å². The Bertz CT molecular complexity index is 612. The number of carbonyl (C=O) groups excluding carboxylic acids is 1. The molecule has 0 aliphatic rings. The first-order chi connectivity index (χ1) is 9.65. The molecule has 0 bridgehead atoms. The molecule has 0 aliphatic carbocycles. The molecule has 0 saturated heterocycles. The molecule has 1 amide bonds. The zero-order valence-electron chi connectivity index (χ0n) is 11.8. The van der Waals surface area contributed by atoms with Crippen LogP contribution in [-0.4, -0.2) is 22.3 Å². The molecule has 0 aliphatic heterocycles. The molecule has 4 heteroatoms. The van der Waals surface area contributed by atoms with E-state index >= 15 is 0 Å². The average Bonchev–Trinajstić information content (AvgIpc) is 2.45. The van der Waals surface area contributed by atoms with Gasteiger partial charge in [0.15, 0.2) is 0 Å². The third kappa shape index (κ3) is 3.37. The maximum absolute atomic E-state index is 12.5. The van der Waals surface area contributed by atoms with Gasteiger partial charge in [-0.2, -0.15) is 0 Å². The number of aromatic nitrogens is 1. The molecule has 0 saturated carbocycles. The summed E-state index contributed by atoms with van der Waals surface area (Å²) < 4.78 is 0. The van der Waals surface area contributed by atoms with Crippen molar-refractivity contribution in [3.05, 3.63) is 41.6 Å².